The molecule has 26 heavy (non-hydrogen) atoms. The fourth-order valence-corrected chi connectivity index (χ4v) is 3.99. The lowest BCUT2D eigenvalue weighted by atomic mass is 10.1. The highest BCUT2D eigenvalue weighted by molar-refractivity contribution is 5.78. The van der Waals surface area contributed by atoms with E-state index in [1.807, 2.05) is 24.5 Å². The van der Waals surface area contributed by atoms with Crippen molar-refractivity contribution in [3.8, 4) is 22.5 Å². The van der Waals surface area contributed by atoms with Gasteiger partial charge in [-0.25, -0.2) is 9.97 Å². The first kappa shape index (κ1) is 15.3. The van der Waals surface area contributed by atoms with E-state index < -0.39 is 0 Å². The van der Waals surface area contributed by atoms with Crippen molar-refractivity contribution in [2.45, 2.75) is 31.7 Å². The van der Waals surface area contributed by atoms with Gasteiger partial charge in [0, 0.05) is 30.2 Å². The molecule has 0 unspecified atom stereocenters. The van der Waals surface area contributed by atoms with Crippen LogP contribution in [0.25, 0.3) is 33.7 Å². The van der Waals surface area contributed by atoms with Crippen LogP contribution in [0.4, 0.5) is 0 Å². The number of pyridine rings is 2. The molecule has 1 saturated carbocycles. The third-order valence-electron chi connectivity index (χ3n) is 5.28. The first-order valence-corrected chi connectivity index (χ1v) is 9.24. The molecule has 3 aromatic heterocycles. The SMILES string of the molecule is c1cncc(-c2ccc(-c3nc4cccnc4n3C3CCCC3)cc2)c1. The predicted octanol–water partition coefficient (Wildman–Crippen LogP) is 5.28. The van der Waals surface area contributed by atoms with E-state index in [-0.39, 0.29) is 0 Å². The van der Waals surface area contributed by atoms with Crippen molar-refractivity contribution in [1.29, 1.82) is 0 Å². The Labute approximate surface area is 152 Å². The van der Waals surface area contributed by atoms with E-state index in [2.05, 4.69) is 50.9 Å². The van der Waals surface area contributed by atoms with Crippen LogP contribution in [0, 0.1) is 0 Å². The van der Waals surface area contributed by atoms with Gasteiger partial charge in [-0.2, -0.15) is 0 Å². The number of hydrogen-bond donors (Lipinski definition) is 0. The van der Waals surface area contributed by atoms with Gasteiger partial charge in [-0.05, 0) is 42.2 Å². The van der Waals surface area contributed by atoms with Gasteiger partial charge < -0.3 is 4.57 Å². The van der Waals surface area contributed by atoms with Crippen molar-refractivity contribution in [3.63, 3.8) is 0 Å². The summed E-state index contributed by atoms with van der Waals surface area (Å²) in [5.41, 5.74) is 5.42. The minimum absolute atomic E-state index is 0.503. The molecule has 0 N–H and O–H groups in total. The Morgan fingerprint density at radius 2 is 1.58 bits per heavy atom. The van der Waals surface area contributed by atoms with Gasteiger partial charge in [0.05, 0.1) is 0 Å². The molecule has 0 bridgehead atoms. The topological polar surface area (TPSA) is 43.6 Å². The molecule has 0 atom stereocenters. The lowest BCUT2D eigenvalue weighted by Gasteiger charge is -2.16. The summed E-state index contributed by atoms with van der Waals surface area (Å²) in [4.78, 5) is 13.8. The molecular weight excluding hydrogens is 320 g/mol. The van der Waals surface area contributed by atoms with Crippen LogP contribution in [0.2, 0.25) is 0 Å². The van der Waals surface area contributed by atoms with Crippen molar-refractivity contribution < 1.29 is 0 Å². The van der Waals surface area contributed by atoms with Crippen molar-refractivity contribution in [2.75, 3.05) is 0 Å². The summed E-state index contributed by atoms with van der Waals surface area (Å²) in [5, 5.41) is 0. The average molecular weight is 340 g/mol. The molecule has 0 amide bonds. The van der Waals surface area contributed by atoms with Crippen LogP contribution in [0.3, 0.4) is 0 Å². The molecule has 1 aliphatic carbocycles. The maximum Gasteiger partial charge on any atom is 0.160 e. The summed E-state index contributed by atoms with van der Waals surface area (Å²) in [5.74, 6) is 1.03. The zero-order valence-electron chi connectivity index (χ0n) is 14.5. The van der Waals surface area contributed by atoms with Gasteiger partial charge in [0.1, 0.15) is 11.3 Å². The van der Waals surface area contributed by atoms with E-state index in [0.29, 0.717) is 6.04 Å². The van der Waals surface area contributed by atoms with Gasteiger partial charge in [-0.15, -0.1) is 0 Å². The normalized spacial score (nSPS) is 14.9. The molecular formula is C22H20N4. The van der Waals surface area contributed by atoms with Crippen molar-refractivity contribution in [3.05, 3.63) is 67.1 Å². The Morgan fingerprint density at radius 3 is 2.35 bits per heavy atom. The number of nitrogens with zero attached hydrogens (tertiary/aromatic N) is 4. The Balaban J connectivity index is 1.61. The summed E-state index contributed by atoms with van der Waals surface area (Å²) in [7, 11) is 0. The Kier molecular flexibility index (Phi) is 3.74. The Hall–Kier alpha value is -3.01. The van der Waals surface area contributed by atoms with Gasteiger partial charge in [0.2, 0.25) is 0 Å². The summed E-state index contributed by atoms with van der Waals surface area (Å²) in [6.07, 6.45) is 10.6. The van der Waals surface area contributed by atoms with Crippen molar-refractivity contribution in [2.24, 2.45) is 0 Å². The van der Waals surface area contributed by atoms with Crippen molar-refractivity contribution >= 4 is 11.2 Å². The third-order valence-corrected chi connectivity index (χ3v) is 5.28. The zero-order chi connectivity index (χ0) is 17.3. The van der Waals surface area contributed by atoms with Gasteiger partial charge in [-0.3, -0.25) is 4.98 Å². The number of aromatic nitrogens is 4. The van der Waals surface area contributed by atoms with Crippen LogP contribution >= 0.6 is 0 Å². The van der Waals surface area contributed by atoms with Crippen LogP contribution in [0.1, 0.15) is 31.7 Å². The minimum Gasteiger partial charge on any atom is -0.306 e. The Bertz CT molecular complexity index is 1030. The first-order valence-electron chi connectivity index (χ1n) is 9.24. The number of hydrogen-bond acceptors (Lipinski definition) is 3. The molecule has 128 valence electrons. The van der Waals surface area contributed by atoms with E-state index >= 15 is 0 Å². The highest BCUT2D eigenvalue weighted by atomic mass is 15.2. The number of imidazole rings is 1. The maximum absolute atomic E-state index is 4.92. The summed E-state index contributed by atoms with van der Waals surface area (Å²) < 4.78 is 2.36. The van der Waals surface area contributed by atoms with E-state index in [9.17, 15) is 0 Å². The summed E-state index contributed by atoms with van der Waals surface area (Å²) in [6, 6.07) is 17.2. The van der Waals surface area contributed by atoms with Crippen LogP contribution in [0.5, 0.6) is 0 Å². The molecule has 4 nitrogen and oxygen atoms in total. The molecule has 0 saturated heterocycles. The van der Waals surface area contributed by atoms with Crippen LogP contribution in [-0.4, -0.2) is 19.5 Å². The number of fused-ring (bicyclic) bond motifs is 1. The second-order valence-electron chi connectivity index (χ2n) is 6.91. The summed E-state index contributed by atoms with van der Waals surface area (Å²) in [6.45, 7) is 0. The van der Waals surface area contributed by atoms with E-state index in [1.165, 1.54) is 31.2 Å². The molecule has 0 radical (unpaired) electrons. The highest BCUT2D eigenvalue weighted by Gasteiger charge is 2.23. The van der Waals surface area contributed by atoms with Gasteiger partial charge in [0.25, 0.3) is 0 Å². The molecule has 0 spiro atoms. The van der Waals surface area contributed by atoms with Gasteiger partial charge in [-0.1, -0.05) is 43.2 Å². The predicted molar refractivity (Wildman–Crippen MR) is 104 cm³/mol. The molecule has 1 aromatic carbocycles. The smallest absolute Gasteiger partial charge is 0.160 e. The Morgan fingerprint density at radius 1 is 0.808 bits per heavy atom. The van der Waals surface area contributed by atoms with E-state index in [1.54, 1.807) is 6.20 Å². The second-order valence-corrected chi connectivity index (χ2v) is 6.91. The van der Waals surface area contributed by atoms with Gasteiger partial charge in [0.15, 0.2) is 5.65 Å². The van der Waals surface area contributed by atoms with Crippen LogP contribution < -0.4 is 0 Å². The molecule has 3 heterocycles. The fraction of sp³-hybridized carbons (Fsp3) is 0.227. The summed E-state index contributed by atoms with van der Waals surface area (Å²) >= 11 is 0. The molecule has 4 aromatic rings. The molecule has 5 rings (SSSR count). The molecule has 0 aliphatic heterocycles. The average Bonchev–Trinajstić information content (AvgIpc) is 3.36. The van der Waals surface area contributed by atoms with Crippen LogP contribution in [0.15, 0.2) is 67.1 Å². The van der Waals surface area contributed by atoms with Crippen molar-refractivity contribution in [1.82, 2.24) is 19.5 Å². The highest BCUT2D eigenvalue weighted by Crippen LogP contribution is 2.36. The standard InChI is InChI=1S/C22H20N4/c1-2-7-19(6-1)26-21(25-20-8-4-14-24-22(20)26)17-11-9-16(10-12-17)18-5-3-13-23-15-18/h3-5,8-15,19H,1-2,6-7H2. The molecule has 4 heteroatoms. The monoisotopic (exact) mass is 340 g/mol. The lowest BCUT2D eigenvalue weighted by molar-refractivity contribution is 0.534. The molecule has 1 fully saturated rings. The number of rotatable bonds is 3. The molecule has 1 aliphatic rings. The largest absolute Gasteiger partial charge is 0.306 e. The number of benzene rings is 1. The second kappa shape index (κ2) is 6.37. The zero-order valence-corrected chi connectivity index (χ0v) is 14.5. The van der Waals surface area contributed by atoms with E-state index in [0.717, 1.165) is 28.1 Å². The first-order chi connectivity index (χ1) is 12.9. The van der Waals surface area contributed by atoms with Crippen LogP contribution in [-0.2, 0) is 0 Å². The van der Waals surface area contributed by atoms with Gasteiger partial charge >= 0.3 is 0 Å². The van der Waals surface area contributed by atoms with E-state index in [4.69, 9.17) is 4.98 Å². The minimum atomic E-state index is 0.503. The third kappa shape index (κ3) is 2.58. The maximum atomic E-state index is 4.92. The quantitative estimate of drug-likeness (QED) is 0.510. The lowest BCUT2D eigenvalue weighted by Crippen LogP contribution is -2.07. The fourth-order valence-electron chi connectivity index (χ4n) is 3.99.